The Morgan fingerprint density at radius 2 is 1.71 bits per heavy atom. The van der Waals surface area contributed by atoms with Crippen LogP contribution < -0.4 is 24.8 Å². The summed E-state index contributed by atoms with van der Waals surface area (Å²) in [6.45, 7) is 2.73. The number of hydrogen-bond acceptors (Lipinski definition) is 8. The van der Waals surface area contributed by atoms with E-state index >= 15 is 0 Å². The summed E-state index contributed by atoms with van der Waals surface area (Å²) in [6.07, 6.45) is 0. The molecule has 0 spiro atoms. The molecule has 34 heavy (non-hydrogen) atoms. The van der Waals surface area contributed by atoms with E-state index in [0.717, 1.165) is 0 Å². The predicted molar refractivity (Wildman–Crippen MR) is 129 cm³/mol. The molecule has 0 fully saturated rings. The standard InChI is InChI=1S/C23H27N5O5S/c1-5-28-20(13-24-22(30)15-6-11-18(32-3)19(12-15)33-4)26-27-23(28)34-14-21(29)25-16-7-9-17(31-2)10-8-16/h6-12H,5,13-14H2,1-4H3,(H,24,30)(H,25,29). The lowest BCUT2D eigenvalue weighted by Crippen LogP contribution is -2.25. The zero-order chi connectivity index (χ0) is 24.5. The Hall–Kier alpha value is -3.73. The summed E-state index contributed by atoms with van der Waals surface area (Å²) in [5.41, 5.74) is 1.12. The third-order valence-corrected chi connectivity index (χ3v) is 5.84. The second kappa shape index (κ2) is 11.9. The second-order valence-corrected chi connectivity index (χ2v) is 7.90. The average molecular weight is 486 g/mol. The van der Waals surface area contributed by atoms with Gasteiger partial charge in [-0.05, 0) is 49.4 Å². The molecule has 0 aliphatic carbocycles. The molecule has 0 aliphatic heterocycles. The highest BCUT2D eigenvalue weighted by molar-refractivity contribution is 7.99. The van der Waals surface area contributed by atoms with Crippen LogP contribution in [-0.4, -0.2) is 53.7 Å². The molecular formula is C23H27N5O5S. The third kappa shape index (κ3) is 6.19. The van der Waals surface area contributed by atoms with Crippen LogP contribution in [0.15, 0.2) is 47.6 Å². The molecule has 3 aromatic rings. The number of aromatic nitrogens is 3. The normalized spacial score (nSPS) is 10.5. The number of rotatable bonds is 11. The molecule has 10 nitrogen and oxygen atoms in total. The summed E-state index contributed by atoms with van der Waals surface area (Å²) < 4.78 is 17.4. The van der Waals surface area contributed by atoms with Gasteiger partial charge in [-0.1, -0.05) is 11.8 Å². The number of anilines is 1. The fourth-order valence-corrected chi connectivity index (χ4v) is 3.94. The van der Waals surface area contributed by atoms with E-state index in [1.807, 2.05) is 11.5 Å². The molecule has 0 aliphatic rings. The summed E-state index contributed by atoms with van der Waals surface area (Å²) in [6, 6.07) is 12.0. The molecule has 1 aromatic heterocycles. The first-order valence-corrected chi connectivity index (χ1v) is 11.5. The SMILES string of the molecule is CCn1c(CNC(=O)c2ccc(OC)c(OC)c2)nnc1SCC(=O)Nc1ccc(OC)cc1. The summed E-state index contributed by atoms with van der Waals surface area (Å²) in [4.78, 5) is 24.9. The van der Waals surface area contributed by atoms with E-state index in [0.29, 0.717) is 46.0 Å². The van der Waals surface area contributed by atoms with Gasteiger partial charge < -0.3 is 29.4 Å². The Morgan fingerprint density at radius 3 is 2.35 bits per heavy atom. The third-order valence-electron chi connectivity index (χ3n) is 4.87. The topological polar surface area (TPSA) is 117 Å². The Balaban J connectivity index is 1.57. The van der Waals surface area contributed by atoms with Gasteiger partial charge in [0, 0.05) is 17.8 Å². The lowest BCUT2D eigenvalue weighted by molar-refractivity contribution is -0.113. The van der Waals surface area contributed by atoms with Crippen molar-refractivity contribution in [2.24, 2.45) is 0 Å². The van der Waals surface area contributed by atoms with Crippen LogP contribution in [0.5, 0.6) is 17.2 Å². The number of thioether (sulfide) groups is 1. The van der Waals surface area contributed by atoms with Crippen molar-refractivity contribution < 1.29 is 23.8 Å². The van der Waals surface area contributed by atoms with Gasteiger partial charge >= 0.3 is 0 Å². The van der Waals surface area contributed by atoms with Crippen molar-refractivity contribution >= 4 is 29.3 Å². The van der Waals surface area contributed by atoms with Gasteiger partial charge in [-0.25, -0.2) is 0 Å². The quantitative estimate of drug-likeness (QED) is 0.398. The van der Waals surface area contributed by atoms with Crippen molar-refractivity contribution in [2.75, 3.05) is 32.4 Å². The first-order chi connectivity index (χ1) is 16.5. The van der Waals surface area contributed by atoms with Gasteiger partial charge in [-0.2, -0.15) is 0 Å². The highest BCUT2D eigenvalue weighted by Crippen LogP contribution is 2.27. The lowest BCUT2D eigenvalue weighted by Gasteiger charge is -2.11. The Bertz CT molecular complexity index is 1130. The molecule has 0 saturated heterocycles. The van der Waals surface area contributed by atoms with E-state index in [2.05, 4.69) is 20.8 Å². The molecule has 2 aromatic carbocycles. The summed E-state index contributed by atoms with van der Waals surface area (Å²) in [7, 11) is 4.64. The zero-order valence-electron chi connectivity index (χ0n) is 19.5. The Morgan fingerprint density at radius 1 is 0.971 bits per heavy atom. The van der Waals surface area contributed by atoms with E-state index < -0.39 is 0 Å². The van der Waals surface area contributed by atoms with E-state index in [1.54, 1.807) is 49.6 Å². The summed E-state index contributed by atoms with van der Waals surface area (Å²) in [5, 5.41) is 14.6. The van der Waals surface area contributed by atoms with Crippen molar-refractivity contribution in [1.82, 2.24) is 20.1 Å². The highest BCUT2D eigenvalue weighted by Gasteiger charge is 2.16. The van der Waals surface area contributed by atoms with Gasteiger partial charge in [-0.15, -0.1) is 10.2 Å². The number of methoxy groups -OCH3 is 3. The molecule has 11 heteroatoms. The minimum Gasteiger partial charge on any atom is -0.497 e. The number of benzene rings is 2. The van der Waals surface area contributed by atoms with Crippen LogP contribution in [0, 0.1) is 0 Å². The van der Waals surface area contributed by atoms with Crippen LogP contribution in [0.3, 0.4) is 0 Å². The number of nitrogens with zero attached hydrogens (tertiary/aromatic N) is 3. The zero-order valence-corrected chi connectivity index (χ0v) is 20.3. The first kappa shape index (κ1) is 24.9. The number of hydrogen-bond donors (Lipinski definition) is 2. The van der Waals surface area contributed by atoms with E-state index in [9.17, 15) is 9.59 Å². The molecule has 0 saturated carbocycles. The maximum atomic E-state index is 12.6. The lowest BCUT2D eigenvalue weighted by atomic mass is 10.2. The van der Waals surface area contributed by atoms with Crippen molar-refractivity contribution in [3.05, 3.63) is 53.9 Å². The van der Waals surface area contributed by atoms with Gasteiger partial charge in [0.1, 0.15) is 5.75 Å². The second-order valence-electron chi connectivity index (χ2n) is 6.96. The molecule has 0 radical (unpaired) electrons. The molecular weight excluding hydrogens is 458 g/mol. The minimum absolute atomic E-state index is 0.163. The molecule has 180 valence electrons. The number of ether oxygens (including phenoxy) is 3. The van der Waals surface area contributed by atoms with Gasteiger partial charge in [0.15, 0.2) is 22.5 Å². The molecule has 2 N–H and O–H groups in total. The summed E-state index contributed by atoms with van der Waals surface area (Å²) >= 11 is 1.28. The van der Waals surface area contributed by atoms with Crippen molar-refractivity contribution in [3.8, 4) is 17.2 Å². The van der Waals surface area contributed by atoms with Crippen LogP contribution >= 0.6 is 11.8 Å². The predicted octanol–water partition coefficient (Wildman–Crippen LogP) is 2.98. The maximum Gasteiger partial charge on any atom is 0.251 e. The minimum atomic E-state index is -0.278. The van der Waals surface area contributed by atoms with Gasteiger partial charge in [0.2, 0.25) is 5.91 Å². The Labute approximate surface area is 202 Å². The average Bonchev–Trinajstić information content (AvgIpc) is 3.27. The van der Waals surface area contributed by atoms with Crippen LogP contribution in [0.1, 0.15) is 23.1 Å². The van der Waals surface area contributed by atoms with Crippen LogP contribution in [0.2, 0.25) is 0 Å². The monoisotopic (exact) mass is 485 g/mol. The fraction of sp³-hybridized carbons (Fsp3) is 0.304. The number of carbonyl (C=O) groups is 2. The van der Waals surface area contributed by atoms with Crippen LogP contribution in [-0.2, 0) is 17.9 Å². The highest BCUT2D eigenvalue weighted by atomic mass is 32.2. The van der Waals surface area contributed by atoms with Crippen molar-refractivity contribution in [1.29, 1.82) is 0 Å². The van der Waals surface area contributed by atoms with E-state index in [4.69, 9.17) is 14.2 Å². The van der Waals surface area contributed by atoms with E-state index in [-0.39, 0.29) is 24.1 Å². The van der Waals surface area contributed by atoms with E-state index in [1.165, 1.54) is 26.0 Å². The molecule has 1 heterocycles. The summed E-state index contributed by atoms with van der Waals surface area (Å²) in [5.74, 6) is 2.05. The maximum absolute atomic E-state index is 12.6. The van der Waals surface area contributed by atoms with Gasteiger partial charge in [0.25, 0.3) is 5.91 Å². The number of amides is 2. The van der Waals surface area contributed by atoms with Crippen LogP contribution in [0.4, 0.5) is 5.69 Å². The van der Waals surface area contributed by atoms with Crippen molar-refractivity contribution in [3.63, 3.8) is 0 Å². The number of carbonyl (C=O) groups excluding carboxylic acids is 2. The molecule has 0 bridgehead atoms. The molecule has 3 rings (SSSR count). The van der Waals surface area contributed by atoms with Crippen molar-refractivity contribution in [2.45, 2.75) is 25.2 Å². The molecule has 0 atom stereocenters. The molecule has 2 amide bonds. The number of nitrogens with one attached hydrogen (secondary N) is 2. The van der Waals surface area contributed by atoms with Gasteiger partial charge in [0.05, 0.1) is 33.6 Å². The largest absolute Gasteiger partial charge is 0.497 e. The molecule has 0 unspecified atom stereocenters. The Kier molecular flexibility index (Phi) is 8.74. The fourth-order valence-electron chi connectivity index (χ4n) is 3.11. The first-order valence-electron chi connectivity index (χ1n) is 10.5. The van der Waals surface area contributed by atoms with Gasteiger partial charge in [-0.3, -0.25) is 9.59 Å². The smallest absolute Gasteiger partial charge is 0.251 e. The van der Waals surface area contributed by atoms with Crippen LogP contribution in [0.25, 0.3) is 0 Å².